The van der Waals surface area contributed by atoms with Crippen molar-refractivity contribution in [1.82, 2.24) is 0 Å². The summed E-state index contributed by atoms with van der Waals surface area (Å²) in [5.74, 6) is 0.605. The van der Waals surface area contributed by atoms with Gasteiger partial charge in [0.15, 0.2) is 0 Å². The van der Waals surface area contributed by atoms with Gasteiger partial charge in [-0.1, -0.05) is 23.7 Å². The largest absolute Gasteiger partial charge is 0.497 e. The van der Waals surface area contributed by atoms with Crippen LogP contribution in [0.25, 0.3) is 0 Å². The summed E-state index contributed by atoms with van der Waals surface area (Å²) in [7, 11) is 1.55. The zero-order chi connectivity index (χ0) is 15.0. The first kappa shape index (κ1) is 14.2. The van der Waals surface area contributed by atoms with Crippen LogP contribution in [0.5, 0.6) is 11.5 Å². The summed E-state index contributed by atoms with van der Waals surface area (Å²) in [4.78, 5) is 0. The fraction of sp³-hybridized carbons (Fsp3) is 0.250. The lowest BCUT2D eigenvalue weighted by Gasteiger charge is -2.30. The minimum Gasteiger partial charge on any atom is -0.497 e. The van der Waals surface area contributed by atoms with Crippen molar-refractivity contribution in [3.8, 4) is 11.5 Å². The molecule has 0 radical (unpaired) electrons. The van der Waals surface area contributed by atoms with Gasteiger partial charge < -0.3 is 14.6 Å². The smallest absolute Gasteiger partial charge is 0.148 e. The van der Waals surface area contributed by atoms with E-state index in [2.05, 4.69) is 0 Å². The fourth-order valence-corrected chi connectivity index (χ4v) is 2.69. The quantitative estimate of drug-likeness (QED) is 0.910. The van der Waals surface area contributed by atoms with Gasteiger partial charge in [-0.2, -0.15) is 0 Å². The highest BCUT2D eigenvalue weighted by molar-refractivity contribution is 6.30. The first-order valence-electron chi connectivity index (χ1n) is 6.56. The molecule has 0 amide bonds. The van der Waals surface area contributed by atoms with Crippen LogP contribution in [-0.2, 0) is 0 Å². The van der Waals surface area contributed by atoms with E-state index in [9.17, 15) is 9.50 Å². The van der Waals surface area contributed by atoms with Crippen molar-refractivity contribution in [2.24, 2.45) is 0 Å². The molecule has 1 N–H and O–H groups in total. The number of aliphatic hydroxyl groups excluding tert-OH is 1. The van der Waals surface area contributed by atoms with Crippen LogP contribution in [-0.4, -0.2) is 12.2 Å². The highest BCUT2D eigenvalue weighted by atomic mass is 35.5. The molecule has 21 heavy (non-hydrogen) atoms. The molecular weight excluding hydrogens is 295 g/mol. The molecule has 5 heteroatoms. The maximum atomic E-state index is 14.1. The normalized spacial score (nSPS) is 20.6. The van der Waals surface area contributed by atoms with Crippen molar-refractivity contribution in [3.05, 3.63) is 58.4 Å². The summed E-state index contributed by atoms with van der Waals surface area (Å²) in [6, 6.07) is 9.96. The number of hydrogen-bond acceptors (Lipinski definition) is 3. The van der Waals surface area contributed by atoms with Crippen molar-refractivity contribution in [3.63, 3.8) is 0 Å². The van der Waals surface area contributed by atoms with Gasteiger partial charge in [0.25, 0.3) is 0 Å². The van der Waals surface area contributed by atoms with Crippen LogP contribution in [0.1, 0.15) is 29.8 Å². The van der Waals surface area contributed by atoms with E-state index in [1.807, 2.05) is 0 Å². The third-order valence-corrected chi connectivity index (χ3v) is 3.91. The molecule has 110 valence electrons. The van der Waals surface area contributed by atoms with Crippen molar-refractivity contribution < 1.29 is 19.0 Å². The van der Waals surface area contributed by atoms with Crippen LogP contribution in [0.2, 0.25) is 5.02 Å². The maximum Gasteiger partial charge on any atom is 0.148 e. The molecule has 1 heterocycles. The Balaban J connectivity index is 1.99. The Kier molecular flexibility index (Phi) is 3.74. The van der Waals surface area contributed by atoms with E-state index in [-0.39, 0.29) is 11.4 Å². The summed E-state index contributed by atoms with van der Waals surface area (Å²) in [6.45, 7) is 0. The van der Waals surface area contributed by atoms with E-state index in [1.54, 1.807) is 37.4 Å². The summed E-state index contributed by atoms with van der Waals surface area (Å²) in [5, 5.41) is 10.3. The number of ether oxygens (including phenoxy) is 2. The number of halogens is 2. The van der Waals surface area contributed by atoms with E-state index in [4.69, 9.17) is 21.1 Å². The zero-order valence-corrected chi connectivity index (χ0v) is 12.1. The fourth-order valence-electron chi connectivity index (χ4n) is 2.51. The molecule has 0 aromatic heterocycles. The van der Waals surface area contributed by atoms with Crippen molar-refractivity contribution in [1.29, 1.82) is 0 Å². The highest BCUT2D eigenvalue weighted by Crippen LogP contribution is 2.43. The van der Waals surface area contributed by atoms with Gasteiger partial charge in [0.1, 0.15) is 23.4 Å². The van der Waals surface area contributed by atoms with Gasteiger partial charge in [-0.3, -0.25) is 0 Å². The Bertz CT molecular complexity index is 675. The van der Waals surface area contributed by atoms with E-state index >= 15 is 0 Å². The third kappa shape index (κ3) is 2.57. The lowest BCUT2D eigenvalue weighted by molar-refractivity contribution is 0.0638. The second-order valence-electron chi connectivity index (χ2n) is 4.90. The number of benzene rings is 2. The number of aliphatic hydroxyl groups is 1. The molecule has 1 aliphatic rings. The van der Waals surface area contributed by atoms with Gasteiger partial charge in [0.05, 0.1) is 18.2 Å². The monoisotopic (exact) mass is 308 g/mol. The highest BCUT2D eigenvalue weighted by Gasteiger charge is 2.30. The van der Waals surface area contributed by atoms with Crippen molar-refractivity contribution >= 4 is 11.6 Å². The molecule has 0 aliphatic carbocycles. The van der Waals surface area contributed by atoms with Gasteiger partial charge in [0, 0.05) is 23.6 Å². The van der Waals surface area contributed by atoms with E-state index in [0.29, 0.717) is 22.6 Å². The molecular formula is C16H14ClFO3. The lowest BCUT2D eigenvalue weighted by Crippen LogP contribution is -2.20. The standard InChI is InChI=1S/C16H14ClFO3/c1-20-9-5-6-10-13(19)8-15(21-14(10)7-9)11-3-2-4-12(17)16(11)18/h2-7,13,15,19H,8H2,1H3/t13-,15?/m0/s1. The van der Waals surface area contributed by atoms with Crippen LogP contribution < -0.4 is 9.47 Å². The first-order chi connectivity index (χ1) is 10.1. The topological polar surface area (TPSA) is 38.7 Å². The van der Waals surface area contributed by atoms with Crippen LogP contribution in [0.15, 0.2) is 36.4 Å². The molecule has 0 spiro atoms. The second kappa shape index (κ2) is 5.54. The van der Waals surface area contributed by atoms with Crippen LogP contribution in [0.3, 0.4) is 0 Å². The van der Waals surface area contributed by atoms with Gasteiger partial charge in [-0.15, -0.1) is 0 Å². The Labute approximate surface area is 126 Å². The minimum atomic E-state index is -0.719. The third-order valence-electron chi connectivity index (χ3n) is 3.61. The number of methoxy groups -OCH3 is 1. The molecule has 0 bridgehead atoms. The average molecular weight is 309 g/mol. The molecule has 3 rings (SSSR count). The van der Waals surface area contributed by atoms with Crippen LogP contribution in [0.4, 0.5) is 4.39 Å². The molecule has 0 fully saturated rings. The summed E-state index contributed by atoms with van der Waals surface area (Å²) in [5.41, 5.74) is 1.02. The van der Waals surface area contributed by atoms with Gasteiger partial charge in [-0.25, -0.2) is 4.39 Å². The predicted molar refractivity (Wildman–Crippen MR) is 77.3 cm³/mol. The lowest BCUT2D eigenvalue weighted by atomic mass is 9.94. The van der Waals surface area contributed by atoms with E-state index in [0.717, 1.165) is 0 Å². The number of hydrogen-bond donors (Lipinski definition) is 1. The maximum absolute atomic E-state index is 14.1. The van der Waals surface area contributed by atoms with E-state index in [1.165, 1.54) is 6.07 Å². The number of rotatable bonds is 2. The Hall–Kier alpha value is -1.78. The van der Waals surface area contributed by atoms with E-state index < -0.39 is 18.0 Å². The Morgan fingerprint density at radius 1 is 1.29 bits per heavy atom. The molecule has 3 nitrogen and oxygen atoms in total. The first-order valence-corrected chi connectivity index (χ1v) is 6.94. The summed E-state index contributed by atoms with van der Waals surface area (Å²) in [6.07, 6.45) is -1.03. The van der Waals surface area contributed by atoms with Gasteiger partial charge >= 0.3 is 0 Å². The molecule has 2 aromatic carbocycles. The van der Waals surface area contributed by atoms with Gasteiger partial charge in [-0.05, 0) is 18.2 Å². The number of fused-ring (bicyclic) bond motifs is 1. The van der Waals surface area contributed by atoms with Crippen LogP contribution in [0, 0.1) is 5.82 Å². The molecule has 1 aliphatic heterocycles. The molecule has 0 saturated heterocycles. The minimum absolute atomic E-state index is 0.0435. The SMILES string of the molecule is COc1ccc2c(c1)OC(c1cccc(Cl)c1F)C[C@@H]2O. The van der Waals surface area contributed by atoms with Crippen molar-refractivity contribution in [2.75, 3.05) is 7.11 Å². The second-order valence-corrected chi connectivity index (χ2v) is 5.31. The molecule has 2 aromatic rings. The summed E-state index contributed by atoms with van der Waals surface area (Å²) < 4.78 is 25.1. The van der Waals surface area contributed by atoms with Crippen molar-refractivity contribution in [2.45, 2.75) is 18.6 Å². The Morgan fingerprint density at radius 2 is 2.10 bits per heavy atom. The molecule has 1 unspecified atom stereocenters. The van der Waals surface area contributed by atoms with Crippen LogP contribution >= 0.6 is 11.6 Å². The van der Waals surface area contributed by atoms with Gasteiger partial charge in [0.2, 0.25) is 0 Å². The predicted octanol–water partition coefficient (Wildman–Crippen LogP) is 4.04. The molecule has 2 atom stereocenters. The Morgan fingerprint density at radius 3 is 2.86 bits per heavy atom. The average Bonchev–Trinajstić information content (AvgIpc) is 2.49. The molecule has 0 saturated carbocycles. The zero-order valence-electron chi connectivity index (χ0n) is 11.3. The summed E-state index contributed by atoms with van der Waals surface area (Å²) >= 11 is 5.80.